The molecular formula is C26H27Cl3SiTi. The van der Waals surface area contributed by atoms with Gasteiger partial charge in [0.2, 0.25) is 0 Å². The Morgan fingerprint density at radius 1 is 0.710 bits per heavy atom. The topological polar surface area (TPSA) is 0 Å². The fraction of sp³-hybridized carbons (Fsp3) is 0.231. The van der Waals surface area contributed by atoms with Crippen LogP contribution in [0.5, 0.6) is 0 Å². The first-order valence-corrected chi connectivity index (χ1v) is 20.2. The zero-order valence-corrected chi connectivity index (χ0v) is 23.4. The molecule has 0 fully saturated rings. The van der Waals surface area contributed by atoms with E-state index in [0.717, 1.165) is 0 Å². The molecule has 1 aliphatic carbocycles. The molecular weight excluding hydrogens is 495 g/mol. The van der Waals surface area contributed by atoms with Gasteiger partial charge in [-0.2, -0.15) is 0 Å². The number of allylic oxidation sites excluding steroid dienone is 1. The summed E-state index contributed by atoms with van der Waals surface area (Å²) in [4.78, 5) is 0. The van der Waals surface area contributed by atoms with Crippen LogP contribution in [0.4, 0.5) is 0 Å². The average molecular weight is 522 g/mol. The first-order chi connectivity index (χ1) is 14.5. The second kappa shape index (κ2) is 8.21. The number of hydrogen-bond donors (Lipinski definition) is 0. The Balaban J connectivity index is 2.18. The second-order valence-corrected chi connectivity index (χ2v) is 26.3. The van der Waals surface area contributed by atoms with Crippen LogP contribution in [0.25, 0.3) is 6.08 Å². The molecule has 0 heterocycles. The molecule has 1 aliphatic rings. The number of halogens is 3. The monoisotopic (exact) mass is 520 g/mol. The van der Waals surface area contributed by atoms with Crippen molar-refractivity contribution in [1.29, 1.82) is 0 Å². The van der Waals surface area contributed by atoms with E-state index in [2.05, 4.69) is 107 Å². The molecule has 0 spiro atoms. The first kappa shape index (κ1) is 23.4. The molecule has 1 unspecified atom stereocenters. The van der Waals surface area contributed by atoms with Gasteiger partial charge in [0.15, 0.2) is 0 Å². The summed E-state index contributed by atoms with van der Waals surface area (Å²) >= 11 is -3.93. The minimum absolute atomic E-state index is 0.561. The van der Waals surface area contributed by atoms with Crippen molar-refractivity contribution < 1.29 is 13.4 Å². The van der Waals surface area contributed by atoms with E-state index in [1.807, 2.05) is 0 Å². The molecule has 31 heavy (non-hydrogen) atoms. The molecule has 0 saturated carbocycles. The molecule has 5 heteroatoms. The Morgan fingerprint density at radius 2 is 1.16 bits per heavy atom. The molecule has 3 aromatic carbocycles. The molecule has 4 rings (SSSR count). The zero-order valence-electron chi connectivity index (χ0n) is 18.6. The number of hydrogen-bond acceptors (Lipinski definition) is 0. The van der Waals surface area contributed by atoms with Gasteiger partial charge in [-0.05, 0) is 0 Å². The van der Waals surface area contributed by atoms with E-state index < -0.39 is 24.8 Å². The summed E-state index contributed by atoms with van der Waals surface area (Å²) in [6.07, 6.45) is 4.44. The van der Waals surface area contributed by atoms with Crippen LogP contribution in [0, 0.1) is 27.7 Å². The maximum absolute atomic E-state index is 7.17. The van der Waals surface area contributed by atoms with Gasteiger partial charge in [0.1, 0.15) is 0 Å². The summed E-state index contributed by atoms with van der Waals surface area (Å²) in [6.45, 7) is 11.1. The average Bonchev–Trinajstić information content (AvgIpc) is 3.07. The Labute approximate surface area is 202 Å². The van der Waals surface area contributed by atoms with Gasteiger partial charge in [-0.15, -0.1) is 0 Å². The van der Waals surface area contributed by atoms with E-state index in [-0.39, 0.29) is 0 Å². The normalized spacial score (nSPS) is 18.3. The van der Waals surface area contributed by atoms with Gasteiger partial charge in [0, 0.05) is 0 Å². The Kier molecular flexibility index (Phi) is 6.18. The number of rotatable bonds is 4. The van der Waals surface area contributed by atoms with Gasteiger partial charge in [-0.1, -0.05) is 0 Å². The summed E-state index contributed by atoms with van der Waals surface area (Å²) < 4.78 is -0.561. The summed E-state index contributed by atoms with van der Waals surface area (Å²) in [7, 11) is 18.9. The third-order valence-corrected chi connectivity index (χ3v) is 23.2. The van der Waals surface area contributed by atoms with Crippen LogP contribution < -0.4 is 10.4 Å². The predicted molar refractivity (Wildman–Crippen MR) is 137 cm³/mol. The van der Waals surface area contributed by atoms with E-state index in [0.29, 0.717) is 0 Å². The van der Waals surface area contributed by atoms with Crippen molar-refractivity contribution in [1.82, 2.24) is 0 Å². The molecule has 0 bridgehead atoms. The molecule has 0 radical (unpaired) electrons. The molecule has 0 saturated heterocycles. The summed E-state index contributed by atoms with van der Waals surface area (Å²) in [5.41, 5.74) is 7.36. The van der Waals surface area contributed by atoms with Crippen LogP contribution in [-0.2, 0) is 16.7 Å². The molecule has 3 aromatic rings. The van der Waals surface area contributed by atoms with Crippen molar-refractivity contribution in [3.05, 3.63) is 100 Å². The van der Waals surface area contributed by atoms with Gasteiger partial charge in [0.25, 0.3) is 0 Å². The predicted octanol–water partition coefficient (Wildman–Crippen LogP) is 7.19. The van der Waals surface area contributed by atoms with Crippen LogP contribution >= 0.6 is 27.9 Å². The van der Waals surface area contributed by atoms with E-state index in [1.54, 1.807) is 0 Å². The Hall–Kier alpha value is -0.799. The zero-order chi connectivity index (χ0) is 22.6. The quantitative estimate of drug-likeness (QED) is 0.319. The van der Waals surface area contributed by atoms with Gasteiger partial charge in [-0.3, -0.25) is 0 Å². The van der Waals surface area contributed by atoms with Crippen molar-refractivity contribution in [3.63, 3.8) is 0 Å². The molecule has 1 atom stereocenters. The van der Waals surface area contributed by atoms with Crippen LogP contribution in [0.15, 0.2) is 66.7 Å². The van der Waals surface area contributed by atoms with Crippen LogP contribution in [0.2, 0.25) is 6.55 Å². The van der Waals surface area contributed by atoms with Crippen LogP contribution in [-0.4, -0.2) is 8.07 Å². The fourth-order valence-corrected chi connectivity index (χ4v) is 24.8. The first-order valence-electron chi connectivity index (χ1n) is 10.5. The van der Waals surface area contributed by atoms with Crippen molar-refractivity contribution in [3.8, 4) is 0 Å². The van der Waals surface area contributed by atoms with Gasteiger partial charge in [-0.25, -0.2) is 0 Å². The van der Waals surface area contributed by atoms with Crippen LogP contribution in [0.3, 0.4) is 0 Å². The van der Waals surface area contributed by atoms with Gasteiger partial charge >= 0.3 is 204 Å². The van der Waals surface area contributed by atoms with E-state index in [1.165, 1.54) is 43.8 Å². The van der Waals surface area contributed by atoms with Crippen molar-refractivity contribution in [2.75, 3.05) is 0 Å². The fourth-order valence-electron chi connectivity index (χ4n) is 5.42. The van der Waals surface area contributed by atoms with Crippen molar-refractivity contribution in [2.24, 2.45) is 0 Å². The Morgan fingerprint density at radius 3 is 1.61 bits per heavy atom. The van der Waals surface area contributed by atoms with E-state index in [4.69, 9.17) is 27.9 Å². The molecule has 0 amide bonds. The molecule has 0 aliphatic heterocycles. The molecule has 0 aromatic heterocycles. The standard InChI is InChI=1S/C26H27Si.3ClH.Ti/c1-18-12-19(2)15-23(14-18)27(5,24-16-20(3)13-21(4)17-24)26-11-10-22-8-6-7-9-25(22)26;;;;/h6-17H,1-5H3;3*1H;/q;;;;+3/p-3. The SMILES string of the molecule is Cc1cc(C)cc([Si](C)(c2cc(C)cc(C)c2)[C]2([Ti]([Cl])([Cl])[Cl])C=Cc3ccccc32)c1. The van der Waals surface area contributed by atoms with Crippen molar-refractivity contribution in [2.45, 2.75) is 37.6 Å². The molecule has 0 nitrogen and oxygen atoms in total. The third kappa shape index (κ3) is 3.72. The molecule has 0 N–H and O–H groups in total. The van der Waals surface area contributed by atoms with Gasteiger partial charge in [0.05, 0.1) is 0 Å². The number of fused-ring (bicyclic) bond motifs is 1. The minimum atomic E-state index is -3.93. The Bertz CT molecular complexity index is 1100. The van der Waals surface area contributed by atoms with Gasteiger partial charge < -0.3 is 0 Å². The molecule has 160 valence electrons. The van der Waals surface area contributed by atoms with Crippen molar-refractivity contribution >= 4 is 52.4 Å². The number of benzene rings is 3. The third-order valence-electron chi connectivity index (χ3n) is 6.73. The van der Waals surface area contributed by atoms with Crippen LogP contribution in [0.1, 0.15) is 33.4 Å². The summed E-state index contributed by atoms with van der Waals surface area (Å²) in [5.74, 6) is 0. The van der Waals surface area contributed by atoms with E-state index >= 15 is 0 Å². The summed E-state index contributed by atoms with van der Waals surface area (Å²) in [5, 5.41) is 2.65. The second-order valence-electron chi connectivity index (χ2n) is 9.10. The maximum atomic E-state index is 7.17. The summed E-state index contributed by atoms with van der Waals surface area (Å²) in [6, 6.07) is 22.2. The van der Waals surface area contributed by atoms with E-state index in [9.17, 15) is 0 Å². The number of aryl methyl sites for hydroxylation is 4.